The van der Waals surface area contributed by atoms with Gasteiger partial charge in [0, 0.05) is 49.4 Å². The highest BCUT2D eigenvalue weighted by molar-refractivity contribution is 6.39. The molecule has 0 saturated carbocycles. The fraction of sp³-hybridized carbons (Fsp3) is 0.219. The van der Waals surface area contributed by atoms with Crippen molar-refractivity contribution in [2.24, 2.45) is 0 Å². The van der Waals surface area contributed by atoms with Gasteiger partial charge in [0.05, 0.1) is 27.3 Å². The summed E-state index contributed by atoms with van der Waals surface area (Å²) < 4.78 is 0. The SMILES string of the molecule is O=C(NCc1ccc(CN(Cc2cc3ccccc3[nH]2)C2CCCc3cccnc32)cc1)c1c(Cl)cncc1Cl. The number of benzene rings is 2. The summed E-state index contributed by atoms with van der Waals surface area (Å²) in [6.07, 6.45) is 8.05. The Kier molecular flexibility index (Phi) is 7.82. The Morgan fingerprint density at radius 3 is 2.55 bits per heavy atom. The Labute approximate surface area is 243 Å². The first kappa shape index (κ1) is 26.5. The van der Waals surface area contributed by atoms with E-state index in [2.05, 4.69) is 80.8 Å². The smallest absolute Gasteiger partial charge is 0.254 e. The summed E-state index contributed by atoms with van der Waals surface area (Å²) in [7, 11) is 0. The molecule has 1 amide bonds. The van der Waals surface area contributed by atoms with Crippen LogP contribution in [0.3, 0.4) is 0 Å². The first-order valence-electron chi connectivity index (χ1n) is 13.4. The minimum atomic E-state index is -0.325. The first-order chi connectivity index (χ1) is 19.5. The summed E-state index contributed by atoms with van der Waals surface area (Å²) in [5, 5.41) is 4.59. The van der Waals surface area contributed by atoms with Crippen LogP contribution in [0.2, 0.25) is 10.0 Å². The van der Waals surface area contributed by atoms with Crippen LogP contribution in [0.4, 0.5) is 0 Å². The van der Waals surface area contributed by atoms with Gasteiger partial charge in [0.2, 0.25) is 0 Å². The Balaban J connectivity index is 1.20. The van der Waals surface area contributed by atoms with E-state index in [4.69, 9.17) is 28.2 Å². The number of carbonyl (C=O) groups is 1. The third-order valence-corrected chi connectivity index (χ3v) is 8.08. The number of aromatic amines is 1. The highest BCUT2D eigenvalue weighted by Crippen LogP contribution is 2.35. The number of halogens is 2. The molecule has 0 fully saturated rings. The Morgan fingerprint density at radius 2 is 1.75 bits per heavy atom. The van der Waals surface area contributed by atoms with Crippen molar-refractivity contribution in [2.45, 2.75) is 44.9 Å². The number of para-hydroxylation sites is 1. The highest BCUT2D eigenvalue weighted by atomic mass is 35.5. The van der Waals surface area contributed by atoms with Crippen LogP contribution in [-0.2, 0) is 26.1 Å². The predicted octanol–water partition coefficient (Wildman–Crippen LogP) is 7.27. The summed E-state index contributed by atoms with van der Waals surface area (Å²) in [5.74, 6) is -0.325. The van der Waals surface area contributed by atoms with Crippen molar-refractivity contribution in [1.82, 2.24) is 25.2 Å². The van der Waals surface area contributed by atoms with E-state index in [-0.39, 0.29) is 27.6 Å². The number of aryl methyl sites for hydroxylation is 1. The minimum Gasteiger partial charge on any atom is -0.357 e. The molecule has 40 heavy (non-hydrogen) atoms. The van der Waals surface area contributed by atoms with Crippen LogP contribution >= 0.6 is 23.2 Å². The maximum atomic E-state index is 12.7. The second kappa shape index (κ2) is 11.8. The number of hydrogen-bond donors (Lipinski definition) is 2. The van der Waals surface area contributed by atoms with E-state index in [0.29, 0.717) is 6.54 Å². The first-order valence-corrected chi connectivity index (χ1v) is 14.2. The summed E-state index contributed by atoms with van der Waals surface area (Å²) in [6.45, 7) is 1.94. The lowest BCUT2D eigenvalue weighted by molar-refractivity contribution is 0.0951. The van der Waals surface area contributed by atoms with Gasteiger partial charge in [0.15, 0.2) is 0 Å². The number of pyridine rings is 2. The van der Waals surface area contributed by atoms with Crippen molar-refractivity contribution >= 4 is 40.0 Å². The van der Waals surface area contributed by atoms with Crippen LogP contribution < -0.4 is 5.32 Å². The van der Waals surface area contributed by atoms with Crippen LogP contribution in [0.25, 0.3) is 10.9 Å². The van der Waals surface area contributed by atoms with Gasteiger partial charge in [-0.05, 0) is 59.5 Å². The Morgan fingerprint density at radius 1 is 0.975 bits per heavy atom. The van der Waals surface area contributed by atoms with Crippen molar-refractivity contribution in [3.63, 3.8) is 0 Å². The number of carbonyl (C=O) groups excluding carboxylic acids is 1. The number of hydrogen-bond acceptors (Lipinski definition) is 4. The van der Waals surface area contributed by atoms with Crippen LogP contribution in [0.15, 0.2) is 85.3 Å². The van der Waals surface area contributed by atoms with Crippen LogP contribution in [0.5, 0.6) is 0 Å². The molecule has 0 saturated heterocycles. The van der Waals surface area contributed by atoms with Crippen molar-refractivity contribution in [2.75, 3.05) is 0 Å². The summed E-state index contributed by atoms with van der Waals surface area (Å²) in [5.41, 5.74) is 7.32. The number of amides is 1. The molecular weight excluding hydrogens is 541 g/mol. The molecule has 3 heterocycles. The molecule has 0 aliphatic heterocycles. The number of fused-ring (bicyclic) bond motifs is 2. The van der Waals surface area contributed by atoms with Gasteiger partial charge in [-0.3, -0.25) is 19.7 Å². The Hall–Kier alpha value is -3.71. The van der Waals surface area contributed by atoms with Gasteiger partial charge < -0.3 is 10.3 Å². The second-order valence-electron chi connectivity index (χ2n) is 10.2. The molecule has 8 heteroatoms. The molecule has 6 rings (SSSR count). The standard InChI is InChI=1S/C32H29Cl2N5O/c33-26-17-35-18-27(34)30(26)32(40)37-16-21-10-12-22(13-11-21)19-39(20-25-15-24-5-1-2-8-28(24)38-25)29-9-3-6-23-7-4-14-36-31(23)29/h1-2,4-5,7-8,10-15,17-18,29,38H,3,6,9,16,19-20H2,(H,37,40). The molecule has 6 nitrogen and oxygen atoms in total. The van der Waals surface area contributed by atoms with Gasteiger partial charge in [-0.2, -0.15) is 0 Å². The molecular formula is C32H29Cl2N5O. The van der Waals surface area contributed by atoms with Crippen molar-refractivity contribution in [3.05, 3.63) is 129 Å². The van der Waals surface area contributed by atoms with Gasteiger partial charge in [-0.1, -0.05) is 71.7 Å². The maximum Gasteiger partial charge on any atom is 0.254 e. The van der Waals surface area contributed by atoms with E-state index in [9.17, 15) is 4.79 Å². The van der Waals surface area contributed by atoms with Crippen LogP contribution in [-0.4, -0.2) is 25.8 Å². The minimum absolute atomic E-state index is 0.231. The number of rotatable bonds is 8. The molecule has 1 aliphatic carbocycles. The van der Waals surface area contributed by atoms with E-state index in [1.54, 1.807) is 0 Å². The number of nitrogens with one attached hydrogen (secondary N) is 2. The van der Waals surface area contributed by atoms with E-state index >= 15 is 0 Å². The van der Waals surface area contributed by atoms with Gasteiger partial charge >= 0.3 is 0 Å². The zero-order valence-corrected chi connectivity index (χ0v) is 23.4. The third-order valence-electron chi connectivity index (χ3n) is 7.51. The molecule has 202 valence electrons. The average molecular weight is 571 g/mol. The summed E-state index contributed by atoms with van der Waals surface area (Å²) in [4.78, 5) is 27.5. The second-order valence-corrected chi connectivity index (χ2v) is 11.0. The average Bonchev–Trinajstić information content (AvgIpc) is 3.38. The third kappa shape index (κ3) is 5.75. The fourth-order valence-corrected chi connectivity index (χ4v) is 6.09. The largest absolute Gasteiger partial charge is 0.357 e. The molecule has 2 aromatic carbocycles. The maximum absolute atomic E-state index is 12.7. The molecule has 1 unspecified atom stereocenters. The normalized spacial score (nSPS) is 14.8. The quantitative estimate of drug-likeness (QED) is 0.206. The molecule has 1 atom stereocenters. The monoisotopic (exact) mass is 569 g/mol. The zero-order chi connectivity index (χ0) is 27.5. The van der Waals surface area contributed by atoms with Crippen LogP contribution in [0.1, 0.15) is 57.3 Å². The molecule has 0 spiro atoms. The lowest BCUT2D eigenvalue weighted by atomic mass is 9.90. The zero-order valence-electron chi connectivity index (χ0n) is 21.9. The van der Waals surface area contributed by atoms with E-state index in [1.807, 2.05) is 12.3 Å². The molecule has 2 N–H and O–H groups in total. The van der Waals surface area contributed by atoms with E-state index in [0.717, 1.165) is 43.4 Å². The molecule has 3 aromatic heterocycles. The molecule has 1 aliphatic rings. The molecule has 0 radical (unpaired) electrons. The van der Waals surface area contributed by atoms with E-state index < -0.39 is 0 Å². The topological polar surface area (TPSA) is 73.9 Å². The van der Waals surface area contributed by atoms with Gasteiger partial charge in [-0.25, -0.2) is 0 Å². The predicted molar refractivity (Wildman–Crippen MR) is 159 cm³/mol. The van der Waals surface area contributed by atoms with Gasteiger partial charge in [-0.15, -0.1) is 0 Å². The Bertz CT molecular complexity index is 1600. The van der Waals surface area contributed by atoms with Gasteiger partial charge in [0.25, 0.3) is 5.91 Å². The lowest BCUT2D eigenvalue weighted by Crippen LogP contribution is -2.31. The molecule has 0 bridgehead atoms. The van der Waals surface area contributed by atoms with Gasteiger partial charge in [0.1, 0.15) is 0 Å². The highest BCUT2D eigenvalue weighted by Gasteiger charge is 2.28. The van der Waals surface area contributed by atoms with Crippen molar-refractivity contribution < 1.29 is 4.79 Å². The number of nitrogens with zero attached hydrogens (tertiary/aromatic N) is 3. The van der Waals surface area contributed by atoms with E-state index in [1.165, 1.54) is 40.3 Å². The molecule has 5 aromatic rings. The number of H-pyrrole nitrogens is 1. The van der Waals surface area contributed by atoms with Crippen molar-refractivity contribution in [1.29, 1.82) is 0 Å². The summed E-state index contributed by atoms with van der Waals surface area (Å²) in [6, 6.07) is 23.5. The van der Waals surface area contributed by atoms with Crippen LogP contribution in [0, 0.1) is 0 Å². The summed E-state index contributed by atoms with van der Waals surface area (Å²) >= 11 is 12.3. The fourth-order valence-electron chi connectivity index (χ4n) is 5.55. The van der Waals surface area contributed by atoms with Crippen molar-refractivity contribution in [3.8, 4) is 0 Å². The lowest BCUT2D eigenvalue weighted by Gasteiger charge is -2.35. The number of aromatic nitrogens is 3.